The Kier molecular flexibility index (Phi) is 4.00. The number of benzene rings is 1. The highest BCUT2D eigenvalue weighted by Gasteiger charge is 2.75. The van der Waals surface area contributed by atoms with E-state index < -0.39 is 75.9 Å². The molecule has 32 heavy (non-hydrogen) atoms. The molecule has 0 heterocycles. The van der Waals surface area contributed by atoms with Crippen molar-refractivity contribution in [2.24, 2.45) is 34.8 Å². The van der Waals surface area contributed by atoms with Crippen LogP contribution >= 0.6 is 0 Å². The predicted molar refractivity (Wildman–Crippen MR) is 105 cm³/mol. The molecule has 3 saturated carbocycles. The third-order valence-corrected chi connectivity index (χ3v) is 8.10. The van der Waals surface area contributed by atoms with Crippen molar-refractivity contribution in [1.29, 1.82) is 0 Å². The summed E-state index contributed by atoms with van der Waals surface area (Å²) in [5.41, 5.74) is 2.08. The Morgan fingerprint density at radius 1 is 1.16 bits per heavy atom. The van der Waals surface area contributed by atoms with Crippen LogP contribution in [0.3, 0.4) is 0 Å². The molecule has 0 aliphatic heterocycles. The second kappa shape index (κ2) is 6.19. The molecule has 0 aromatic heterocycles. The van der Waals surface area contributed by atoms with Gasteiger partial charge in [0.2, 0.25) is 5.91 Å². The largest absolute Gasteiger partial charge is 0.507 e. The molecular formula is C23H21NO8. The summed E-state index contributed by atoms with van der Waals surface area (Å²) in [6, 6.07) is 2.99. The Morgan fingerprint density at radius 2 is 1.84 bits per heavy atom. The zero-order chi connectivity index (χ0) is 23.3. The number of carbonyl (C=O) groups excluding carboxylic acids is 6. The van der Waals surface area contributed by atoms with E-state index in [4.69, 9.17) is 5.73 Å². The maximum absolute atomic E-state index is 13.6. The van der Waals surface area contributed by atoms with Gasteiger partial charge >= 0.3 is 0 Å². The fourth-order valence-electron chi connectivity index (χ4n) is 6.59. The number of ketones is 5. The Morgan fingerprint density at radius 3 is 2.47 bits per heavy atom. The van der Waals surface area contributed by atoms with Gasteiger partial charge in [-0.1, -0.05) is 13.0 Å². The zero-order valence-corrected chi connectivity index (χ0v) is 17.2. The second-order valence-corrected chi connectivity index (χ2v) is 9.36. The summed E-state index contributed by atoms with van der Waals surface area (Å²) in [4.78, 5) is 78.4. The first-order chi connectivity index (χ1) is 15.0. The lowest BCUT2D eigenvalue weighted by Gasteiger charge is -2.59. The van der Waals surface area contributed by atoms with Gasteiger partial charge in [0.25, 0.3) is 0 Å². The number of primary amides is 1. The molecule has 4 aliphatic carbocycles. The summed E-state index contributed by atoms with van der Waals surface area (Å²) in [6.45, 7) is 1.85. The number of Topliss-reactive ketones (excluding diaryl/α,β-unsaturated/α-hetero) is 5. The van der Waals surface area contributed by atoms with Gasteiger partial charge in [-0.3, -0.25) is 28.8 Å². The normalized spacial score (nSPS) is 37.8. The van der Waals surface area contributed by atoms with Crippen LogP contribution < -0.4 is 5.73 Å². The van der Waals surface area contributed by atoms with E-state index in [1.807, 2.05) is 6.92 Å². The molecule has 0 radical (unpaired) electrons. The summed E-state index contributed by atoms with van der Waals surface area (Å²) < 4.78 is 0. The van der Waals surface area contributed by atoms with Crippen molar-refractivity contribution in [3.05, 3.63) is 28.8 Å². The number of nitrogens with two attached hydrogens (primary N) is 1. The number of fused-ring (bicyclic) bond motifs is 1. The van der Waals surface area contributed by atoms with E-state index in [0.29, 0.717) is 12.0 Å². The smallest absolute Gasteiger partial charge is 0.235 e. The van der Waals surface area contributed by atoms with Gasteiger partial charge in [-0.05, 0) is 36.5 Å². The van der Waals surface area contributed by atoms with Crippen molar-refractivity contribution >= 4 is 34.8 Å². The molecule has 1 amide bonds. The molecule has 1 aromatic rings. The summed E-state index contributed by atoms with van der Waals surface area (Å²) in [5, 5.41) is 21.8. The molecule has 3 fully saturated rings. The molecule has 1 spiro atoms. The number of carbonyl (C=O) groups is 6. The monoisotopic (exact) mass is 439 g/mol. The van der Waals surface area contributed by atoms with Crippen LogP contribution in [-0.4, -0.2) is 50.6 Å². The molecule has 4 aliphatic rings. The number of aryl methyl sites for hydroxylation is 1. The molecule has 166 valence electrons. The first-order valence-corrected chi connectivity index (χ1v) is 10.6. The van der Waals surface area contributed by atoms with E-state index >= 15 is 0 Å². The number of hydrogen-bond acceptors (Lipinski definition) is 8. The van der Waals surface area contributed by atoms with E-state index in [9.17, 15) is 39.0 Å². The van der Waals surface area contributed by atoms with Crippen LogP contribution in [0.5, 0.6) is 5.75 Å². The van der Waals surface area contributed by atoms with E-state index in [1.54, 1.807) is 6.07 Å². The third-order valence-electron chi connectivity index (χ3n) is 8.10. The van der Waals surface area contributed by atoms with E-state index in [-0.39, 0.29) is 24.2 Å². The molecule has 4 N–H and O–H groups in total. The molecule has 6 unspecified atom stereocenters. The first kappa shape index (κ1) is 20.7. The minimum absolute atomic E-state index is 0.0121. The molecule has 9 nitrogen and oxygen atoms in total. The number of phenolic OH excluding ortho intramolecular Hbond substituents is 1. The van der Waals surface area contributed by atoms with Crippen LogP contribution in [-0.2, 0) is 36.8 Å². The molecule has 6 atom stereocenters. The van der Waals surface area contributed by atoms with Gasteiger partial charge in [-0.25, -0.2) is 0 Å². The number of phenols is 1. The maximum atomic E-state index is 13.6. The minimum Gasteiger partial charge on any atom is -0.507 e. The molecule has 5 rings (SSSR count). The lowest BCUT2D eigenvalue weighted by Crippen LogP contribution is -2.76. The van der Waals surface area contributed by atoms with Crippen LogP contribution in [0, 0.1) is 29.1 Å². The quantitative estimate of drug-likeness (QED) is 0.516. The van der Waals surface area contributed by atoms with Crippen LogP contribution in [0.15, 0.2) is 12.1 Å². The topological polar surface area (TPSA) is 169 Å². The molecule has 9 heteroatoms. The van der Waals surface area contributed by atoms with Crippen molar-refractivity contribution in [3.8, 4) is 5.75 Å². The van der Waals surface area contributed by atoms with Crippen molar-refractivity contribution in [3.63, 3.8) is 0 Å². The Bertz CT molecular complexity index is 1180. The van der Waals surface area contributed by atoms with Gasteiger partial charge in [0.05, 0.1) is 16.9 Å². The van der Waals surface area contributed by atoms with E-state index in [2.05, 4.69) is 0 Å². The van der Waals surface area contributed by atoms with Gasteiger partial charge in [0.15, 0.2) is 34.7 Å². The minimum atomic E-state index is -2.77. The lowest BCUT2D eigenvalue weighted by molar-refractivity contribution is -0.194. The standard InChI is InChI=1S/C23H21NO8/c1-2-8-3-4-12(25)14-10(8)6-22-7-11-9(5-13(22)26)17(27)15(21(24)31)19(29)23(11,32)20(30)16(22)18(14)28/h3-4,9,11,15-16,25,32H,2,5-7H2,1H3,(H2,24,31). The summed E-state index contributed by atoms with van der Waals surface area (Å²) in [6.07, 6.45) is -0.0975. The molecule has 1 aromatic carbocycles. The average molecular weight is 439 g/mol. The molecule has 0 saturated heterocycles. The predicted octanol–water partition coefficient (Wildman–Crippen LogP) is -0.542. The lowest BCUT2D eigenvalue weighted by atomic mass is 9.41. The Hall–Kier alpha value is -3.20. The van der Waals surface area contributed by atoms with Crippen molar-refractivity contribution in [2.75, 3.05) is 0 Å². The van der Waals surface area contributed by atoms with Crippen LogP contribution in [0.4, 0.5) is 0 Å². The SMILES string of the molecule is CCc1ccc(O)c2c1CC13CC4C(CC1=O)C(=O)C(C(N)=O)C(=O)C4(O)C(=O)C3C2=O. The second-order valence-electron chi connectivity index (χ2n) is 9.36. The van der Waals surface area contributed by atoms with Gasteiger partial charge < -0.3 is 15.9 Å². The highest BCUT2D eigenvalue weighted by Crippen LogP contribution is 2.61. The van der Waals surface area contributed by atoms with Crippen LogP contribution in [0.25, 0.3) is 0 Å². The van der Waals surface area contributed by atoms with Crippen molar-refractivity contribution in [1.82, 2.24) is 0 Å². The van der Waals surface area contributed by atoms with Gasteiger partial charge in [-0.2, -0.15) is 0 Å². The molecule has 2 bridgehead atoms. The Labute approximate surface area is 182 Å². The molecular weight excluding hydrogens is 418 g/mol. The van der Waals surface area contributed by atoms with Crippen LogP contribution in [0.1, 0.15) is 41.3 Å². The first-order valence-electron chi connectivity index (χ1n) is 10.6. The van der Waals surface area contributed by atoms with E-state index in [1.165, 1.54) is 6.07 Å². The van der Waals surface area contributed by atoms with Crippen molar-refractivity contribution < 1.29 is 39.0 Å². The number of aromatic hydroxyl groups is 1. The van der Waals surface area contributed by atoms with Gasteiger partial charge in [0, 0.05) is 18.3 Å². The number of rotatable bonds is 2. The van der Waals surface area contributed by atoms with Crippen molar-refractivity contribution in [2.45, 2.75) is 38.2 Å². The average Bonchev–Trinajstić information content (AvgIpc) is 2.73. The number of amides is 1. The number of aliphatic hydroxyl groups is 1. The fraction of sp³-hybridized carbons (Fsp3) is 0.478. The fourth-order valence-corrected chi connectivity index (χ4v) is 6.59. The van der Waals surface area contributed by atoms with Gasteiger partial charge in [-0.15, -0.1) is 0 Å². The highest BCUT2D eigenvalue weighted by molar-refractivity contribution is 6.33. The summed E-state index contributed by atoms with van der Waals surface area (Å²) >= 11 is 0. The van der Waals surface area contributed by atoms with E-state index in [0.717, 1.165) is 5.56 Å². The van der Waals surface area contributed by atoms with Crippen LogP contribution in [0.2, 0.25) is 0 Å². The maximum Gasteiger partial charge on any atom is 0.235 e. The Balaban J connectivity index is 1.76. The summed E-state index contributed by atoms with van der Waals surface area (Å²) in [7, 11) is 0. The summed E-state index contributed by atoms with van der Waals surface area (Å²) in [5.74, 6) is -12.5. The highest BCUT2D eigenvalue weighted by atomic mass is 16.3. The number of hydrogen-bond donors (Lipinski definition) is 3. The van der Waals surface area contributed by atoms with Gasteiger partial charge in [0.1, 0.15) is 11.5 Å². The third kappa shape index (κ3) is 2.12. The zero-order valence-electron chi connectivity index (χ0n) is 17.2.